The fourth-order valence-corrected chi connectivity index (χ4v) is 8.14. The van der Waals surface area contributed by atoms with E-state index < -0.39 is 108 Å². The van der Waals surface area contributed by atoms with Gasteiger partial charge < -0.3 is 40.2 Å². The number of benzene rings is 2. The Labute approximate surface area is 450 Å². The smallest absolute Gasteiger partial charge is 0.407 e. The number of methoxy groups -OCH3 is 2. The first-order valence-corrected chi connectivity index (χ1v) is 24.7. The minimum atomic E-state index is -5.19. The van der Waals surface area contributed by atoms with Crippen molar-refractivity contribution in [3.63, 3.8) is 0 Å². The average Bonchev–Trinajstić information content (AvgIpc) is 4.22. The predicted octanol–water partition coefficient (Wildman–Crippen LogP) is 6.74. The van der Waals surface area contributed by atoms with Crippen LogP contribution in [0.4, 0.5) is 50.5 Å². The van der Waals surface area contributed by atoms with Gasteiger partial charge in [0.05, 0.1) is 55.0 Å². The lowest BCUT2D eigenvalue weighted by Gasteiger charge is -2.38. The molecule has 428 valence electrons. The van der Waals surface area contributed by atoms with E-state index in [1.165, 1.54) is 18.2 Å². The van der Waals surface area contributed by atoms with Crippen LogP contribution in [0.1, 0.15) is 68.8 Å². The number of nitrogens with one attached hydrogen (secondary N) is 4. The van der Waals surface area contributed by atoms with E-state index in [1.54, 1.807) is 41.3 Å². The number of hydrazine groups is 1. The van der Waals surface area contributed by atoms with Gasteiger partial charge in [0.15, 0.2) is 5.88 Å². The van der Waals surface area contributed by atoms with E-state index in [-0.39, 0.29) is 23.3 Å². The Balaban J connectivity index is 1.34. The number of aromatic nitrogens is 3. The third kappa shape index (κ3) is 15.0. The second-order valence-electron chi connectivity index (χ2n) is 20.4. The van der Waals surface area contributed by atoms with Gasteiger partial charge in [0.25, 0.3) is 5.91 Å². The number of carbonyl (C=O) groups is 4. The summed E-state index contributed by atoms with van der Waals surface area (Å²) in [6, 6.07) is 6.55. The zero-order valence-electron chi connectivity index (χ0n) is 44.5. The maximum atomic E-state index is 16.2. The topological polar surface area (TPSA) is 205 Å². The van der Waals surface area contributed by atoms with Crippen LogP contribution in [0, 0.1) is 34.3 Å². The molecule has 4 amide bonds. The van der Waals surface area contributed by atoms with Crippen LogP contribution in [0.3, 0.4) is 0 Å². The molecule has 1 aliphatic carbocycles. The molecule has 26 heteroatoms. The van der Waals surface area contributed by atoms with Crippen LogP contribution in [0.15, 0.2) is 79.5 Å². The van der Waals surface area contributed by atoms with Crippen LogP contribution < -0.4 is 26.3 Å². The summed E-state index contributed by atoms with van der Waals surface area (Å²) in [7, 11) is 5.53. The summed E-state index contributed by atoms with van der Waals surface area (Å²) in [6.45, 7) is 5.36. The number of carbonyl (C=O) groups excluding carboxylic acids is 4. The normalized spacial score (nSPS) is 16.7. The van der Waals surface area contributed by atoms with E-state index in [0.29, 0.717) is 74.2 Å². The molecule has 18 nitrogen and oxygen atoms in total. The zero-order valence-corrected chi connectivity index (χ0v) is 44.5. The molecule has 0 radical (unpaired) electrons. The SMILES string of the molecule is C=C1OCC(N(C)C)CN1c1ccc(C#Cc2ccc(C[C@H](NC(=O)C(NC(=O)OC)C(C)(C)C(F)(F)F)[C@@H](O)CN(Cc3c(F)cc(-c4ccn(C5CC5)n4)cc3F)NC(=O)[C@@H](NC(=O)OC)C(C)(C)C(F)(F)F)cc2)cn1. The van der Waals surface area contributed by atoms with Gasteiger partial charge in [0, 0.05) is 54.3 Å². The number of nitrogens with zero attached hydrogens (tertiary/aromatic N) is 6. The minimum Gasteiger partial charge on any atom is -0.477 e. The molecule has 5 atom stereocenters. The van der Waals surface area contributed by atoms with Crippen molar-refractivity contribution >= 4 is 29.8 Å². The summed E-state index contributed by atoms with van der Waals surface area (Å²) in [6.07, 6.45) is -10.9. The number of aliphatic hydroxyl groups is 1. The van der Waals surface area contributed by atoms with E-state index in [2.05, 4.69) is 48.7 Å². The van der Waals surface area contributed by atoms with Gasteiger partial charge in [-0.1, -0.05) is 24.0 Å². The number of hydrogen-bond acceptors (Lipinski definition) is 13. The van der Waals surface area contributed by atoms with Crippen LogP contribution in [-0.4, -0.2) is 144 Å². The minimum absolute atomic E-state index is 0.00000441. The van der Waals surface area contributed by atoms with Crippen LogP contribution >= 0.6 is 0 Å². The van der Waals surface area contributed by atoms with Gasteiger partial charge in [-0.05, 0) is 116 Å². The lowest BCUT2D eigenvalue weighted by molar-refractivity contribution is -0.221. The van der Waals surface area contributed by atoms with E-state index >= 15 is 8.78 Å². The molecule has 2 unspecified atom stereocenters. The number of alkyl halides is 6. The Hall–Kier alpha value is -7.50. The molecule has 3 heterocycles. The predicted molar refractivity (Wildman–Crippen MR) is 271 cm³/mol. The molecule has 0 spiro atoms. The molecule has 2 fully saturated rings. The molecule has 1 saturated heterocycles. The summed E-state index contributed by atoms with van der Waals surface area (Å²) in [5, 5.41) is 23.1. The number of halogens is 8. The van der Waals surface area contributed by atoms with Crippen molar-refractivity contribution < 1.29 is 73.6 Å². The zero-order chi connectivity index (χ0) is 58.4. The molecule has 1 saturated carbocycles. The van der Waals surface area contributed by atoms with Crippen molar-refractivity contribution in [3.8, 4) is 23.1 Å². The number of likely N-dealkylation sites (N-methyl/N-ethyl adjacent to an activating group) is 1. The second-order valence-corrected chi connectivity index (χ2v) is 20.4. The molecule has 0 bridgehead atoms. The number of alkyl carbamates (subject to hydrolysis) is 2. The van der Waals surface area contributed by atoms with Crippen molar-refractivity contribution in [2.45, 2.75) is 102 Å². The summed E-state index contributed by atoms with van der Waals surface area (Å²) in [5.41, 5.74) is -3.26. The summed E-state index contributed by atoms with van der Waals surface area (Å²) in [4.78, 5) is 61.4. The Kier molecular flexibility index (Phi) is 19.0. The highest BCUT2D eigenvalue weighted by molar-refractivity contribution is 5.87. The van der Waals surface area contributed by atoms with Crippen molar-refractivity contribution in [1.29, 1.82) is 0 Å². The van der Waals surface area contributed by atoms with Gasteiger partial charge >= 0.3 is 24.5 Å². The van der Waals surface area contributed by atoms with E-state index in [9.17, 15) is 50.6 Å². The summed E-state index contributed by atoms with van der Waals surface area (Å²) >= 11 is 0. The largest absolute Gasteiger partial charge is 0.477 e. The van der Waals surface area contributed by atoms with Crippen molar-refractivity contribution in [3.05, 3.63) is 113 Å². The molecular weight excluding hydrogens is 1060 g/mol. The molecule has 5 N–H and O–H groups in total. The average molecular weight is 1120 g/mol. The van der Waals surface area contributed by atoms with Crippen molar-refractivity contribution in [1.82, 2.24) is 46.0 Å². The molecule has 1 aliphatic heterocycles. The number of rotatable bonds is 19. The number of aliphatic hydroxyl groups excluding tert-OH is 1. The highest BCUT2D eigenvalue weighted by atomic mass is 19.4. The number of ether oxygens (including phenoxy) is 3. The maximum Gasteiger partial charge on any atom is 0.407 e. The fraction of sp³-hybridized carbons (Fsp3) is 0.472. The van der Waals surface area contributed by atoms with Gasteiger partial charge in [-0.3, -0.25) is 24.6 Å². The molecule has 2 aromatic carbocycles. The Morgan fingerprint density at radius 1 is 0.835 bits per heavy atom. The number of hydrogen-bond donors (Lipinski definition) is 5. The van der Waals surface area contributed by atoms with Crippen LogP contribution in [0.2, 0.25) is 0 Å². The van der Waals surface area contributed by atoms with Crippen molar-refractivity contribution in [2.24, 2.45) is 10.8 Å². The number of pyridine rings is 1. The summed E-state index contributed by atoms with van der Waals surface area (Å²) < 4.78 is 136. The van der Waals surface area contributed by atoms with Crippen LogP contribution in [0.5, 0.6) is 0 Å². The first-order chi connectivity index (χ1) is 36.9. The van der Waals surface area contributed by atoms with Gasteiger partial charge in [-0.25, -0.2) is 28.4 Å². The molecule has 6 rings (SSSR count). The number of anilines is 1. The first-order valence-electron chi connectivity index (χ1n) is 24.7. The third-order valence-corrected chi connectivity index (χ3v) is 13.8. The van der Waals surface area contributed by atoms with Gasteiger partial charge in [0.1, 0.15) is 36.1 Å². The maximum absolute atomic E-state index is 16.2. The van der Waals surface area contributed by atoms with Gasteiger partial charge in [-0.15, -0.1) is 0 Å². The van der Waals surface area contributed by atoms with Crippen LogP contribution in [0.25, 0.3) is 11.3 Å². The summed E-state index contributed by atoms with van der Waals surface area (Å²) in [5.74, 6) is 1.43. The Bertz CT molecular complexity index is 2880. The second kappa shape index (κ2) is 24.7. The Morgan fingerprint density at radius 2 is 1.39 bits per heavy atom. The van der Waals surface area contributed by atoms with E-state index in [0.717, 1.165) is 39.2 Å². The van der Waals surface area contributed by atoms with Crippen LogP contribution in [-0.2, 0) is 36.8 Å². The van der Waals surface area contributed by atoms with E-state index in [4.69, 9.17) is 4.74 Å². The first kappa shape index (κ1) is 60.7. The van der Waals surface area contributed by atoms with Crippen molar-refractivity contribution in [2.75, 3.05) is 52.9 Å². The molecular formula is C53H62F8N10O8. The lowest BCUT2D eigenvalue weighted by atomic mass is 9.82. The Morgan fingerprint density at radius 3 is 1.91 bits per heavy atom. The fourth-order valence-electron chi connectivity index (χ4n) is 8.14. The molecule has 2 aromatic heterocycles. The standard InChI is InChI=1S/C53H62F8N10O8/c1-30-70(26-36(29-79-30)68(6)7)43-19-16-33(25-62-43)15-12-31-10-13-32(14-11-31)22-41(63-46(73)44(64-48(75)77-8)50(2,3)52(56,57)58)42(72)28-69(67-47(74)45(65-49(76)78-9)51(4,5)53(59,60)61)27-37-38(54)23-34(24-39(37)55)40-20-21-71(66-40)35-17-18-35/h10-11,13-14,16,19-21,23-25,35-36,41-42,44-45,72H,1,17-18,22,26-29H2,2-9H3,(H,63,73)(H,64,75)(H,65,76)(H,67,74)/t36?,41-,42-,44?,45+/m0/s1. The molecule has 4 aromatic rings. The highest BCUT2D eigenvalue weighted by Gasteiger charge is 2.57. The van der Waals surface area contributed by atoms with Gasteiger partial charge in [-0.2, -0.15) is 31.4 Å². The highest BCUT2D eigenvalue weighted by Crippen LogP contribution is 2.42. The van der Waals surface area contributed by atoms with E-state index in [1.807, 2.05) is 34.5 Å². The van der Waals surface area contributed by atoms with Gasteiger partial charge in [0.2, 0.25) is 5.91 Å². The molecule has 2 aliphatic rings. The number of amides is 4. The molecule has 79 heavy (non-hydrogen) atoms. The monoisotopic (exact) mass is 1120 g/mol. The lowest BCUT2D eigenvalue weighted by Crippen LogP contribution is -2.63. The third-order valence-electron chi connectivity index (χ3n) is 13.8. The quantitative estimate of drug-likeness (QED) is 0.0375.